The summed E-state index contributed by atoms with van der Waals surface area (Å²) in [4.78, 5) is 1.90. The molecule has 16 heavy (non-hydrogen) atoms. The molecule has 88 valence electrons. The third kappa shape index (κ3) is 1.84. The molecule has 0 spiro atoms. The van der Waals surface area contributed by atoms with Crippen LogP contribution in [-0.2, 0) is 0 Å². The monoisotopic (exact) mass is 226 g/mol. The van der Waals surface area contributed by atoms with E-state index < -0.39 is 11.6 Å². The predicted octanol–water partition coefficient (Wildman–Crippen LogP) is 2.64. The lowest BCUT2D eigenvalue weighted by atomic mass is 9.88. The van der Waals surface area contributed by atoms with Crippen LogP contribution in [0.1, 0.15) is 13.8 Å². The smallest absolute Gasteiger partial charge is 0.149 e. The standard InChI is InChI=1S/C12H16F2N2/c1-7(2)8-5-16(6-8)12-4-11(15)9(13)3-10(12)14/h3-4,7-8H,5-6,15H2,1-2H3. The van der Waals surface area contributed by atoms with E-state index in [0.29, 0.717) is 17.5 Å². The van der Waals surface area contributed by atoms with E-state index in [1.807, 2.05) is 4.90 Å². The number of hydrogen-bond acceptors (Lipinski definition) is 2. The highest BCUT2D eigenvalue weighted by Crippen LogP contribution is 2.32. The van der Waals surface area contributed by atoms with E-state index in [0.717, 1.165) is 19.2 Å². The van der Waals surface area contributed by atoms with Crippen molar-refractivity contribution in [3.63, 3.8) is 0 Å². The molecule has 0 saturated carbocycles. The number of hydrogen-bond donors (Lipinski definition) is 1. The Bertz CT molecular complexity index is 398. The molecule has 0 radical (unpaired) electrons. The fraction of sp³-hybridized carbons (Fsp3) is 0.500. The lowest BCUT2D eigenvalue weighted by Gasteiger charge is -2.43. The van der Waals surface area contributed by atoms with E-state index in [9.17, 15) is 8.78 Å². The molecular weight excluding hydrogens is 210 g/mol. The van der Waals surface area contributed by atoms with Crippen molar-refractivity contribution in [3.8, 4) is 0 Å². The first-order valence-corrected chi connectivity index (χ1v) is 5.48. The molecule has 1 saturated heterocycles. The van der Waals surface area contributed by atoms with Gasteiger partial charge < -0.3 is 10.6 Å². The summed E-state index contributed by atoms with van der Waals surface area (Å²) in [7, 11) is 0. The quantitative estimate of drug-likeness (QED) is 0.785. The number of rotatable bonds is 2. The fourth-order valence-corrected chi connectivity index (χ4v) is 1.93. The molecule has 0 atom stereocenters. The van der Waals surface area contributed by atoms with Gasteiger partial charge in [-0.25, -0.2) is 8.78 Å². The van der Waals surface area contributed by atoms with Crippen LogP contribution in [0.25, 0.3) is 0 Å². The summed E-state index contributed by atoms with van der Waals surface area (Å²) in [5, 5.41) is 0. The molecule has 2 nitrogen and oxygen atoms in total. The molecule has 1 aliphatic rings. The van der Waals surface area contributed by atoms with Crippen LogP contribution in [0.3, 0.4) is 0 Å². The highest BCUT2D eigenvalue weighted by molar-refractivity contribution is 5.59. The van der Waals surface area contributed by atoms with Crippen LogP contribution in [0.4, 0.5) is 20.2 Å². The molecule has 1 aliphatic heterocycles. The summed E-state index contributed by atoms with van der Waals surface area (Å²) in [6.07, 6.45) is 0. The first kappa shape index (κ1) is 11.2. The zero-order valence-electron chi connectivity index (χ0n) is 9.50. The van der Waals surface area contributed by atoms with Crippen molar-refractivity contribution >= 4 is 11.4 Å². The van der Waals surface area contributed by atoms with E-state index in [1.165, 1.54) is 6.07 Å². The summed E-state index contributed by atoms with van der Waals surface area (Å²) < 4.78 is 26.5. The minimum absolute atomic E-state index is 0.00407. The second kappa shape index (κ2) is 3.92. The molecule has 4 heteroatoms. The van der Waals surface area contributed by atoms with E-state index in [1.54, 1.807) is 0 Å². The van der Waals surface area contributed by atoms with Gasteiger partial charge in [-0.05, 0) is 17.9 Å². The molecule has 1 fully saturated rings. The number of halogens is 2. The number of nitrogens with two attached hydrogens (primary N) is 1. The van der Waals surface area contributed by atoms with Gasteiger partial charge in [0.2, 0.25) is 0 Å². The minimum atomic E-state index is -0.692. The second-order valence-corrected chi connectivity index (χ2v) is 4.73. The van der Waals surface area contributed by atoms with Crippen LogP contribution >= 0.6 is 0 Å². The van der Waals surface area contributed by atoms with Gasteiger partial charge >= 0.3 is 0 Å². The molecule has 2 rings (SSSR count). The van der Waals surface area contributed by atoms with E-state index in [2.05, 4.69) is 13.8 Å². The third-order valence-corrected chi connectivity index (χ3v) is 3.26. The molecular formula is C12H16F2N2. The zero-order chi connectivity index (χ0) is 11.9. The van der Waals surface area contributed by atoms with Crippen molar-refractivity contribution in [3.05, 3.63) is 23.8 Å². The predicted molar refractivity (Wildman–Crippen MR) is 61.3 cm³/mol. The summed E-state index contributed by atoms with van der Waals surface area (Å²) >= 11 is 0. The highest BCUT2D eigenvalue weighted by atomic mass is 19.1. The average molecular weight is 226 g/mol. The first-order valence-electron chi connectivity index (χ1n) is 5.48. The molecule has 1 aromatic rings. The minimum Gasteiger partial charge on any atom is -0.396 e. The van der Waals surface area contributed by atoms with E-state index in [4.69, 9.17) is 5.73 Å². The molecule has 0 bridgehead atoms. The number of anilines is 2. The van der Waals surface area contributed by atoms with Crippen molar-refractivity contribution in [2.45, 2.75) is 13.8 Å². The molecule has 0 unspecified atom stereocenters. The zero-order valence-corrected chi connectivity index (χ0v) is 9.50. The van der Waals surface area contributed by atoms with Crippen molar-refractivity contribution in [2.24, 2.45) is 11.8 Å². The maximum Gasteiger partial charge on any atom is 0.149 e. The summed E-state index contributed by atoms with van der Waals surface area (Å²) in [5.41, 5.74) is 5.85. The van der Waals surface area contributed by atoms with E-state index >= 15 is 0 Å². The Morgan fingerprint density at radius 1 is 1.25 bits per heavy atom. The second-order valence-electron chi connectivity index (χ2n) is 4.73. The lowest BCUT2D eigenvalue weighted by molar-refractivity contribution is 0.307. The third-order valence-electron chi connectivity index (χ3n) is 3.26. The molecule has 0 aliphatic carbocycles. The van der Waals surface area contributed by atoms with Crippen LogP contribution in [0.5, 0.6) is 0 Å². The Labute approximate surface area is 94.0 Å². The van der Waals surface area contributed by atoms with Gasteiger partial charge in [0, 0.05) is 19.2 Å². The van der Waals surface area contributed by atoms with Gasteiger partial charge in [-0.15, -0.1) is 0 Å². The SMILES string of the molecule is CC(C)C1CN(c2cc(N)c(F)cc2F)C1. The van der Waals surface area contributed by atoms with Gasteiger partial charge in [-0.1, -0.05) is 13.8 Å². The summed E-state index contributed by atoms with van der Waals surface area (Å²) in [6, 6.07) is 2.23. The van der Waals surface area contributed by atoms with Gasteiger partial charge in [0.1, 0.15) is 11.6 Å². The van der Waals surface area contributed by atoms with Crippen LogP contribution in [-0.4, -0.2) is 13.1 Å². The Morgan fingerprint density at radius 3 is 2.44 bits per heavy atom. The average Bonchev–Trinajstić information content (AvgIpc) is 2.10. The molecule has 0 aromatic heterocycles. The van der Waals surface area contributed by atoms with Gasteiger partial charge in [-0.2, -0.15) is 0 Å². The Balaban J connectivity index is 2.15. The van der Waals surface area contributed by atoms with Crippen LogP contribution < -0.4 is 10.6 Å². The number of nitrogens with zero attached hydrogens (tertiary/aromatic N) is 1. The van der Waals surface area contributed by atoms with Gasteiger partial charge in [0.25, 0.3) is 0 Å². The fourth-order valence-electron chi connectivity index (χ4n) is 1.93. The first-order chi connectivity index (χ1) is 7.49. The normalized spacial score (nSPS) is 16.7. The lowest BCUT2D eigenvalue weighted by Crippen LogP contribution is -2.49. The van der Waals surface area contributed by atoms with Crippen molar-refractivity contribution in [1.29, 1.82) is 0 Å². The summed E-state index contributed by atoms with van der Waals surface area (Å²) in [6.45, 7) is 5.94. The molecule has 0 amide bonds. The van der Waals surface area contributed by atoms with Crippen LogP contribution in [0.15, 0.2) is 12.1 Å². The topological polar surface area (TPSA) is 29.3 Å². The molecule has 1 heterocycles. The molecule has 2 N–H and O–H groups in total. The van der Waals surface area contributed by atoms with Gasteiger partial charge in [-0.3, -0.25) is 0 Å². The Hall–Kier alpha value is -1.32. The number of nitrogen functional groups attached to an aromatic ring is 1. The van der Waals surface area contributed by atoms with Crippen molar-refractivity contribution < 1.29 is 8.78 Å². The number of benzene rings is 1. The Kier molecular flexibility index (Phi) is 2.74. The Morgan fingerprint density at radius 2 is 1.88 bits per heavy atom. The van der Waals surface area contributed by atoms with Gasteiger partial charge in [0.15, 0.2) is 0 Å². The highest BCUT2D eigenvalue weighted by Gasteiger charge is 2.31. The van der Waals surface area contributed by atoms with Crippen molar-refractivity contribution in [2.75, 3.05) is 23.7 Å². The van der Waals surface area contributed by atoms with E-state index in [-0.39, 0.29) is 5.69 Å². The van der Waals surface area contributed by atoms with Crippen molar-refractivity contribution in [1.82, 2.24) is 0 Å². The maximum absolute atomic E-state index is 13.5. The van der Waals surface area contributed by atoms with Crippen LogP contribution in [0.2, 0.25) is 0 Å². The largest absolute Gasteiger partial charge is 0.396 e. The van der Waals surface area contributed by atoms with Crippen LogP contribution in [0, 0.1) is 23.5 Å². The molecule has 1 aromatic carbocycles. The summed E-state index contributed by atoms with van der Waals surface area (Å²) in [5.74, 6) is -0.0427. The van der Waals surface area contributed by atoms with Gasteiger partial charge in [0.05, 0.1) is 11.4 Å². The maximum atomic E-state index is 13.5.